The molecule has 1 aliphatic carbocycles. The van der Waals surface area contributed by atoms with E-state index in [-0.39, 0.29) is 30.1 Å². The zero-order valence-electron chi connectivity index (χ0n) is 18.5. The zero-order valence-corrected chi connectivity index (χ0v) is 18.5. The quantitative estimate of drug-likeness (QED) is 0.758. The van der Waals surface area contributed by atoms with Crippen LogP contribution in [0.1, 0.15) is 56.4 Å². The highest BCUT2D eigenvalue weighted by Gasteiger charge is 2.66. The van der Waals surface area contributed by atoms with Crippen molar-refractivity contribution in [3.63, 3.8) is 0 Å². The van der Waals surface area contributed by atoms with Crippen molar-refractivity contribution in [1.29, 1.82) is 0 Å². The van der Waals surface area contributed by atoms with E-state index in [1.165, 1.54) is 24.8 Å². The third-order valence-electron chi connectivity index (χ3n) is 8.23. The second-order valence-electron chi connectivity index (χ2n) is 10.1. The number of rotatable bonds is 5. The summed E-state index contributed by atoms with van der Waals surface area (Å²) in [5, 5.41) is 13.6. The second kappa shape index (κ2) is 9.08. The number of benzene rings is 1. The molecule has 6 heteroatoms. The molecule has 1 aromatic rings. The van der Waals surface area contributed by atoms with Crippen LogP contribution in [0, 0.1) is 5.92 Å². The Morgan fingerprint density at radius 3 is 2.45 bits per heavy atom. The molecule has 2 N–H and O–H groups in total. The maximum atomic E-state index is 12.9. The molecule has 1 spiro atoms. The Morgan fingerprint density at radius 2 is 1.77 bits per heavy atom. The van der Waals surface area contributed by atoms with E-state index < -0.39 is 0 Å². The van der Waals surface area contributed by atoms with Crippen LogP contribution in [-0.4, -0.2) is 78.0 Å². The number of ether oxygens (including phenoxy) is 1. The topological polar surface area (TPSA) is 65.0 Å². The molecule has 3 saturated heterocycles. The lowest BCUT2D eigenvalue weighted by atomic mass is 9.60. The van der Waals surface area contributed by atoms with Crippen LogP contribution in [0.2, 0.25) is 0 Å². The average Bonchev–Trinajstić information content (AvgIpc) is 2.77. The largest absolute Gasteiger partial charge is 0.395 e. The summed E-state index contributed by atoms with van der Waals surface area (Å²) in [6.07, 6.45) is 8.14. The number of amides is 2. The van der Waals surface area contributed by atoms with Gasteiger partial charge in [-0.05, 0) is 37.2 Å². The van der Waals surface area contributed by atoms with Gasteiger partial charge in [-0.1, -0.05) is 49.6 Å². The fourth-order valence-corrected chi connectivity index (χ4v) is 6.54. The SMILES string of the molecule is O=C(NC1CCCCC1)N1CC2(C1)[C@H](c1ccccc1)[C@H](CO)N2CC1CCOCC1. The standard InChI is InChI=1S/C25H37N3O3/c29-16-22-23(20-7-3-1-4-8-20)25(28(22)15-19-11-13-31-14-12-19)17-27(18-25)24(30)26-21-9-5-2-6-10-21/h1,3-4,7-8,19,21-23,29H,2,5-6,9-18H2,(H,26,30)/t22-,23+/m0/s1. The van der Waals surface area contributed by atoms with Gasteiger partial charge in [-0.3, -0.25) is 4.90 Å². The van der Waals surface area contributed by atoms with Crippen molar-refractivity contribution in [2.75, 3.05) is 39.5 Å². The van der Waals surface area contributed by atoms with Crippen molar-refractivity contribution in [3.8, 4) is 0 Å². The highest BCUT2D eigenvalue weighted by Crippen LogP contribution is 2.54. The average molecular weight is 428 g/mol. The van der Waals surface area contributed by atoms with Crippen LogP contribution in [0.3, 0.4) is 0 Å². The fraction of sp³-hybridized carbons (Fsp3) is 0.720. The highest BCUT2D eigenvalue weighted by atomic mass is 16.5. The highest BCUT2D eigenvalue weighted by molar-refractivity contribution is 5.76. The molecular formula is C25H37N3O3. The number of nitrogens with zero attached hydrogens (tertiary/aromatic N) is 2. The van der Waals surface area contributed by atoms with Gasteiger partial charge in [-0.15, -0.1) is 0 Å². The molecule has 1 saturated carbocycles. The number of urea groups is 1. The lowest BCUT2D eigenvalue weighted by molar-refractivity contribution is -0.186. The number of aliphatic hydroxyl groups is 1. The molecule has 0 unspecified atom stereocenters. The maximum absolute atomic E-state index is 12.9. The summed E-state index contributed by atoms with van der Waals surface area (Å²) in [6.45, 7) is 4.35. The predicted octanol–water partition coefficient (Wildman–Crippen LogP) is 2.97. The van der Waals surface area contributed by atoms with E-state index in [9.17, 15) is 9.90 Å². The third kappa shape index (κ3) is 3.98. The number of carbonyl (C=O) groups excluding carboxylic acids is 1. The Kier molecular flexibility index (Phi) is 6.22. The first-order valence-electron chi connectivity index (χ1n) is 12.3. The molecule has 2 amide bonds. The minimum atomic E-state index is -0.0447. The second-order valence-corrected chi connectivity index (χ2v) is 10.1. The van der Waals surface area contributed by atoms with Crippen LogP contribution in [0.4, 0.5) is 4.79 Å². The van der Waals surface area contributed by atoms with E-state index in [0.717, 1.165) is 58.5 Å². The van der Waals surface area contributed by atoms with Crippen LogP contribution in [-0.2, 0) is 4.74 Å². The van der Waals surface area contributed by atoms with Gasteiger partial charge in [0, 0.05) is 50.8 Å². The van der Waals surface area contributed by atoms with Gasteiger partial charge in [0.2, 0.25) is 0 Å². The number of carbonyl (C=O) groups is 1. The number of hydrogen-bond donors (Lipinski definition) is 2. The molecular weight excluding hydrogens is 390 g/mol. The Morgan fingerprint density at radius 1 is 1.06 bits per heavy atom. The molecule has 4 fully saturated rings. The minimum absolute atomic E-state index is 0.0447. The molecule has 31 heavy (non-hydrogen) atoms. The maximum Gasteiger partial charge on any atom is 0.317 e. The van der Waals surface area contributed by atoms with Crippen LogP contribution in [0.15, 0.2) is 30.3 Å². The summed E-state index contributed by atoms with van der Waals surface area (Å²) in [5.74, 6) is 0.888. The molecule has 4 aliphatic rings. The summed E-state index contributed by atoms with van der Waals surface area (Å²) < 4.78 is 5.56. The third-order valence-corrected chi connectivity index (χ3v) is 8.23. The van der Waals surface area contributed by atoms with Gasteiger partial charge in [0.1, 0.15) is 0 Å². The molecule has 6 nitrogen and oxygen atoms in total. The molecule has 0 bridgehead atoms. The number of likely N-dealkylation sites (tertiary alicyclic amines) is 2. The molecule has 0 radical (unpaired) electrons. The summed E-state index contributed by atoms with van der Waals surface area (Å²) >= 11 is 0. The summed E-state index contributed by atoms with van der Waals surface area (Å²) in [7, 11) is 0. The van der Waals surface area contributed by atoms with Gasteiger partial charge in [0.05, 0.1) is 12.1 Å². The number of aliphatic hydroxyl groups excluding tert-OH is 1. The molecule has 3 heterocycles. The van der Waals surface area contributed by atoms with E-state index in [0.29, 0.717) is 12.0 Å². The molecule has 1 aromatic carbocycles. The van der Waals surface area contributed by atoms with E-state index in [4.69, 9.17) is 4.74 Å². The van der Waals surface area contributed by atoms with Crippen LogP contribution < -0.4 is 5.32 Å². The molecule has 5 rings (SSSR count). The Labute approximate surface area is 185 Å². The van der Waals surface area contributed by atoms with E-state index in [1.807, 2.05) is 11.0 Å². The predicted molar refractivity (Wildman–Crippen MR) is 120 cm³/mol. The van der Waals surface area contributed by atoms with Gasteiger partial charge in [0.15, 0.2) is 0 Å². The molecule has 170 valence electrons. The van der Waals surface area contributed by atoms with Crippen molar-refractivity contribution in [2.24, 2.45) is 5.92 Å². The molecule has 0 aromatic heterocycles. The van der Waals surface area contributed by atoms with Crippen LogP contribution in [0.25, 0.3) is 0 Å². The Balaban J connectivity index is 1.30. The first kappa shape index (κ1) is 21.2. The van der Waals surface area contributed by atoms with Gasteiger partial charge in [-0.25, -0.2) is 4.79 Å². The van der Waals surface area contributed by atoms with Crippen molar-refractivity contribution < 1.29 is 14.6 Å². The van der Waals surface area contributed by atoms with Crippen LogP contribution in [0.5, 0.6) is 0 Å². The Bertz CT molecular complexity index is 740. The van der Waals surface area contributed by atoms with Gasteiger partial charge in [-0.2, -0.15) is 0 Å². The van der Waals surface area contributed by atoms with Crippen molar-refractivity contribution in [1.82, 2.24) is 15.1 Å². The van der Waals surface area contributed by atoms with Crippen molar-refractivity contribution in [2.45, 2.75) is 68.5 Å². The first-order chi connectivity index (χ1) is 15.2. The van der Waals surface area contributed by atoms with E-state index in [1.54, 1.807) is 0 Å². The summed E-state index contributed by atoms with van der Waals surface area (Å²) in [5.41, 5.74) is 1.24. The fourth-order valence-electron chi connectivity index (χ4n) is 6.54. The number of nitrogens with one attached hydrogen (secondary N) is 1. The number of hydrogen-bond acceptors (Lipinski definition) is 4. The van der Waals surface area contributed by atoms with Crippen molar-refractivity contribution in [3.05, 3.63) is 35.9 Å². The lowest BCUT2D eigenvalue weighted by Crippen LogP contribution is -2.85. The normalized spacial score (nSPS) is 29.4. The smallest absolute Gasteiger partial charge is 0.317 e. The van der Waals surface area contributed by atoms with Crippen LogP contribution >= 0.6 is 0 Å². The van der Waals surface area contributed by atoms with E-state index >= 15 is 0 Å². The summed E-state index contributed by atoms with van der Waals surface area (Å²) in [6, 6.07) is 11.2. The lowest BCUT2D eigenvalue weighted by Gasteiger charge is -2.71. The molecule has 3 aliphatic heterocycles. The first-order valence-corrected chi connectivity index (χ1v) is 12.3. The van der Waals surface area contributed by atoms with E-state index in [2.05, 4.69) is 34.5 Å². The molecule has 2 atom stereocenters. The van der Waals surface area contributed by atoms with Gasteiger partial charge < -0.3 is 20.1 Å². The zero-order chi connectivity index (χ0) is 21.3. The van der Waals surface area contributed by atoms with Crippen molar-refractivity contribution >= 4 is 6.03 Å². The Hall–Kier alpha value is -1.63. The summed E-state index contributed by atoms with van der Waals surface area (Å²) in [4.78, 5) is 17.5. The van der Waals surface area contributed by atoms with Gasteiger partial charge >= 0.3 is 6.03 Å². The van der Waals surface area contributed by atoms with Gasteiger partial charge in [0.25, 0.3) is 0 Å². The monoisotopic (exact) mass is 427 g/mol. The minimum Gasteiger partial charge on any atom is -0.395 e.